The van der Waals surface area contributed by atoms with E-state index in [2.05, 4.69) is 21.5 Å². The highest BCUT2D eigenvalue weighted by molar-refractivity contribution is 7.90. The molecule has 1 aromatic carbocycles. The number of ether oxygens (including phenoxy) is 1. The Bertz CT molecular complexity index is 1080. The molecule has 2 aromatic rings. The molecule has 0 saturated heterocycles. The fourth-order valence-electron chi connectivity index (χ4n) is 3.17. The Hall–Kier alpha value is -2.99. The van der Waals surface area contributed by atoms with Crippen molar-refractivity contribution in [1.29, 1.82) is 0 Å². The minimum atomic E-state index is -3.21. The summed E-state index contributed by atoms with van der Waals surface area (Å²) in [5.74, 6) is 2.13. The van der Waals surface area contributed by atoms with Gasteiger partial charge in [-0.05, 0) is 37.0 Å². The molecule has 2 rings (SSSR count). The third-order valence-corrected chi connectivity index (χ3v) is 5.69. The molecular formula is C22H29N3O5S. The van der Waals surface area contributed by atoms with Crippen molar-refractivity contribution >= 4 is 32.6 Å². The minimum Gasteiger partial charge on any atom is -0.496 e. The summed E-state index contributed by atoms with van der Waals surface area (Å²) in [6.07, 6.45) is 7.06. The Balaban J connectivity index is 2.15. The Labute approximate surface area is 183 Å². The number of sulfone groups is 1. The van der Waals surface area contributed by atoms with Gasteiger partial charge >= 0.3 is 0 Å². The average molecular weight is 448 g/mol. The topological polar surface area (TPSA) is 117 Å². The van der Waals surface area contributed by atoms with Crippen molar-refractivity contribution in [1.82, 2.24) is 15.6 Å². The largest absolute Gasteiger partial charge is 0.496 e. The van der Waals surface area contributed by atoms with E-state index in [1.54, 1.807) is 19.2 Å². The molecule has 9 heteroatoms. The number of hydrogen-bond acceptors (Lipinski definition) is 5. The highest BCUT2D eigenvalue weighted by atomic mass is 32.2. The van der Waals surface area contributed by atoms with Crippen LogP contribution in [0.25, 0.3) is 10.9 Å². The highest BCUT2D eigenvalue weighted by Crippen LogP contribution is 2.26. The fraction of sp³-hybridized carbons (Fsp3) is 0.455. The normalized spacial score (nSPS) is 13.4. The highest BCUT2D eigenvalue weighted by Gasteiger charge is 2.25. The van der Waals surface area contributed by atoms with Gasteiger partial charge in [-0.3, -0.25) is 9.59 Å². The van der Waals surface area contributed by atoms with Crippen LogP contribution >= 0.6 is 0 Å². The van der Waals surface area contributed by atoms with Gasteiger partial charge in [0.1, 0.15) is 27.3 Å². The SMILES string of the molecule is C#C[C@H](CCS(C)(=O)=O)NC(=O)[C@H](CC(C)C)NC(=O)c1cc2c(OC)cccc2[nH]1. The summed E-state index contributed by atoms with van der Waals surface area (Å²) >= 11 is 0. The van der Waals surface area contributed by atoms with E-state index in [1.165, 1.54) is 0 Å². The van der Waals surface area contributed by atoms with Crippen molar-refractivity contribution in [2.75, 3.05) is 19.1 Å². The van der Waals surface area contributed by atoms with Crippen molar-refractivity contribution < 1.29 is 22.7 Å². The van der Waals surface area contributed by atoms with Crippen molar-refractivity contribution in [2.45, 2.75) is 38.8 Å². The van der Waals surface area contributed by atoms with Crippen LogP contribution in [0.15, 0.2) is 24.3 Å². The second-order valence-electron chi connectivity index (χ2n) is 7.91. The van der Waals surface area contributed by atoms with E-state index in [9.17, 15) is 18.0 Å². The molecule has 168 valence electrons. The van der Waals surface area contributed by atoms with E-state index in [0.29, 0.717) is 17.9 Å². The Morgan fingerprint density at radius 1 is 1.26 bits per heavy atom. The number of hydrogen-bond donors (Lipinski definition) is 3. The van der Waals surface area contributed by atoms with E-state index in [1.807, 2.05) is 26.0 Å². The van der Waals surface area contributed by atoms with Crippen LogP contribution in [0.1, 0.15) is 37.2 Å². The van der Waals surface area contributed by atoms with E-state index in [-0.39, 0.29) is 18.1 Å². The minimum absolute atomic E-state index is 0.102. The van der Waals surface area contributed by atoms with E-state index in [4.69, 9.17) is 11.2 Å². The Morgan fingerprint density at radius 3 is 2.55 bits per heavy atom. The summed E-state index contributed by atoms with van der Waals surface area (Å²) in [5, 5.41) is 6.17. The molecule has 0 saturated carbocycles. The predicted octanol–water partition coefficient (Wildman–Crippen LogP) is 1.87. The number of H-pyrrole nitrogens is 1. The smallest absolute Gasteiger partial charge is 0.268 e. The number of methoxy groups -OCH3 is 1. The van der Waals surface area contributed by atoms with Crippen LogP contribution in [-0.4, -0.2) is 56.4 Å². The molecule has 0 aliphatic carbocycles. The van der Waals surface area contributed by atoms with Gasteiger partial charge < -0.3 is 20.4 Å². The molecule has 1 aromatic heterocycles. The molecule has 0 radical (unpaired) electrons. The Kier molecular flexibility index (Phi) is 8.11. The average Bonchev–Trinajstić information content (AvgIpc) is 3.13. The first kappa shape index (κ1) is 24.3. The maximum atomic E-state index is 12.8. The van der Waals surface area contributed by atoms with Crippen LogP contribution in [0.3, 0.4) is 0 Å². The number of rotatable bonds is 10. The first-order valence-corrected chi connectivity index (χ1v) is 12.0. The molecule has 2 amide bonds. The molecule has 3 N–H and O–H groups in total. The zero-order valence-corrected chi connectivity index (χ0v) is 19.0. The molecule has 0 spiro atoms. The van der Waals surface area contributed by atoms with Gasteiger partial charge in [0.2, 0.25) is 5.91 Å². The van der Waals surface area contributed by atoms with E-state index in [0.717, 1.165) is 17.2 Å². The zero-order valence-electron chi connectivity index (χ0n) is 18.2. The van der Waals surface area contributed by atoms with Gasteiger partial charge in [0.05, 0.1) is 18.9 Å². The lowest BCUT2D eigenvalue weighted by Gasteiger charge is -2.22. The van der Waals surface area contributed by atoms with Crippen LogP contribution < -0.4 is 15.4 Å². The second-order valence-corrected chi connectivity index (χ2v) is 10.2. The quantitative estimate of drug-likeness (QED) is 0.481. The molecule has 8 nitrogen and oxygen atoms in total. The first-order chi connectivity index (χ1) is 14.5. The summed E-state index contributed by atoms with van der Waals surface area (Å²) in [6.45, 7) is 3.87. The number of carbonyl (C=O) groups is 2. The summed E-state index contributed by atoms with van der Waals surface area (Å²) in [6, 6.07) is 5.53. The molecule has 0 aliphatic heterocycles. The number of aromatic amines is 1. The fourth-order valence-corrected chi connectivity index (χ4v) is 3.83. The summed E-state index contributed by atoms with van der Waals surface area (Å²) in [4.78, 5) is 28.7. The lowest BCUT2D eigenvalue weighted by Crippen LogP contribution is -2.50. The van der Waals surface area contributed by atoms with Crippen LogP contribution in [0.5, 0.6) is 5.75 Å². The molecule has 0 unspecified atom stereocenters. The summed E-state index contributed by atoms with van der Waals surface area (Å²) in [5.41, 5.74) is 1.04. The molecule has 31 heavy (non-hydrogen) atoms. The lowest BCUT2D eigenvalue weighted by molar-refractivity contribution is -0.123. The Morgan fingerprint density at radius 2 is 1.97 bits per heavy atom. The molecule has 0 bridgehead atoms. The van der Waals surface area contributed by atoms with Crippen LogP contribution in [-0.2, 0) is 14.6 Å². The van der Waals surface area contributed by atoms with Crippen molar-refractivity contribution in [2.24, 2.45) is 5.92 Å². The molecule has 1 heterocycles. The maximum Gasteiger partial charge on any atom is 0.268 e. The number of benzene rings is 1. The standard InChI is InChI=1S/C22H29N3O5S/c1-6-15(10-11-31(5,28)29)23-21(26)18(12-14(2)3)25-22(27)19-13-16-17(24-19)8-7-9-20(16)30-4/h1,7-9,13-15,18,24H,10-12H2,2-5H3,(H,23,26)(H,25,27)/t15-,18+/m1/s1. The van der Waals surface area contributed by atoms with Gasteiger partial charge in [-0.25, -0.2) is 8.42 Å². The number of amides is 2. The zero-order chi connectivity index (χ0) is 23.2. The predicted molar refractivity (Wildman–Crippen MR) is 121 cm³/mol. The van der Waals surface area contributed by atoms with Crippen LogP contribution in [0.4, 0.5) is 0 Å². The maximum absolute atomic E-state index is 12.8. The third-order valence-electron chi connectivity index (χ3n) is 4.71. The third kappa shape index (κ3) is 7.03. The number of aromatic nitrogens is 1. The van der Waals surface area contributed by atoms with Crippen molar-refractivity contribution in [3.8, 4) is 18.1 Å². The molecular weight excluding hydrogens is 418 g/mol. The van der Waals surface area contributed by atoms with Crippen molar-refractivity contribution in [3.63, 3.8) is 0 Å². The monoisotopic (exact) mass is 447 g/mol. The van der Waals surface area contributed by atoms with Crippen LogP contribution in [0.2, 0.25) is 0 Å². The van der Waals surface area contributed by atoms with Gasteiger partial charge in [-0.2, -0.15) is 0 Å². The van der Waals surface area contributed by atoms with Gasteiger partial charge in [0.15, 0.2) is 0 Å². The van der Waals surface area contributed by atoms with Gasteiger partial charge in [-0.1, -0.05) is 25.8 Å². The number of nitrogens with one attached hydrogen (secondary N) is 3. The van der Waals surface area contributed by atoms with E-state index >= 15 is 0 Å². The molecule has 0 fully saturated rings. The van der Waals surface area contributed by atoms with Crippen molar-refractivity contribution in [3.05, 3.63) is 30.0 Å². The first-order valence-electron chi connectivity index (χ1n) is 9.95. The second kappa shape index (κ2) is 10.4. The number of carbonyl (C=O) groups excluding carboxylic acids is 2. The molecule has 2 atom stereocenters. The summed E-state index contributed by atoms with van der Waals surface area (Å²) < 4.78 is 28.1. The van der Waals surface area contributed by atoms with Gasteiger partial charge in [0, 0.05) is 17.2 Å². The van der Waals surface area contributed by atoms with Gasteiger partial charge in [0.25, 0.3) is 5.91 Å². The lowest BCUT2D eigenvalue weighted by atomic mass is 10.0. The number of fused-ring (bicyclic) bond motifs is 1. The van der Waals surface area contributed by atoms with Gasteiger partial charge in [-0.15, -0.1) is 6.42 Å². The molecule has 0 aliphatic rings. The van der Waals surface area contributed by atoms with Crippen LogP contribution in [0, 0.1) is 18.3 Å². The number of terminal acetylenes is 1. The summed E-state index contributed by atoms with van der Waals surface area (Å²) in [7, 11) is -1.66. The van der Waals surface area contributed by atoms with E-state index < -0.39 is 33.7 Å².